The number of halogens is 2. The van der Waals surface area contributed by atoms with Gasteiger partial charge >= 0.3 is 6.09 Å². The van der Waals surface area contributed by atoms with Gasteiger partial charge in [-0.25, -0.2) is 18.8 Å². The molecule has 1 aromatic heterocycles. The summed E-state index contributed by atoms with van der Waals surface area (Å²) in [5.74, 6) is -0.0737. The number of ether oxygens (including phenoxy) is 1. The molecular formula is C21H27ClFN5O3. The van der Waals surface area contributed by atoms with Crippen LogP contribution in [-0.4, -0.2) is 52.4 Å². The molecule has 1 aromatic carbocycles. The van der Waals surface area contributed by atoms with Gasteiger partial charge in [-0.3, -0.25) is 4.79 Å². The number of benzene rings is 1. The number of amides is 1. The molecular weight excluding hydrogens is 425 g/mol. The minimum absolute atomic E-state index is 0.0305. The normalized spacial score (nSPS) is 18.4. The predicted octanol–water partition coefficient (Wildman–Crippen LogP) is 2.79. The number of nitrogens with two attached hydrogens (primary N) is 1. The summed E-state index contributed by atoms with van der Waals surface area (Å²) in [6, 6.07) is 2.07. The van der Waals surface area contributed by atoms with E-state index in [0.29, 0.717) is 32.0 Å². The molecule has 1 unspecified atom stereocenters. The number of carbonyl (C=O) groups excluding carboxylic acids is 1. The predicted molar refractivity (Wildman–Crippen MR) is 116 cm³/mol. The van der Waals surface area contributed by atoms with Crippen LogP contribution in [0.25, 0.3) is 10.9 Å². The fourth-order valence-corrected chi connectivity index (χ4v) is 4.02. The highest BCUT2D eigenvalue weighted by molar-refractivity contribution is 6.35. The van der Waals surface area contributed by atoms with Gasteiger partial charge in [0, 0.05) is 13.1 Å². The minimum Gasteiger partial charge on any atom is -0.444 e. The van der Waals surface area contributed by atoms with Crippen molar-refractivity contribution in [3.8, 4) is 0 Å². The molecule has 1 aliphatic heterocycles. The molecule has 2 aromatic rings. The number of piperazine rings is 1. The van der Waals surface area contributed by atoms with Crippen LogP contribution in [0.4, 0.5) is 9.18 Å². The molecule has 1 amide bonds. The molecule has 1 saturated heterocycles. The van der Waals surface area contributed by atoms with Crippen molar-refractivity contribution >= 4 is 28.6 Å². The summed E-state index contributed by atoms with van der Waals surface area (Å²) < 4.78 is 21.3. The summed E-state index contributed by atoms with van der Waals surface area (Å²) in [5, 5.41) is 1.97. The van der Waals surface area contributed by atoms with Crippen LogP contribution in [0.2, 0.25) is 5.02 Å². The number of fused-ring (bicyclic) bond motifs is 1. The minimum atomic E-state index is -0.609. The van der Waals surface area contributed by atoms with E-state index in [2.05, 4.69) is 4.98 Å². The van der Waals surface area contributed by atoms with Gasteiger partial charge in [0.05, 0.1) is 29.5 Å². The Hall–Kier alpha value is -2.39. The maximum absolute atomic E-state index is 14.5. The Balaban J connectivity index is 1.69. The van der Waals surface area contributed by atoms with Crippen LogP contribution in [0.5, 0.6) is 0 Å². The fourth-order valence-electron chi connectivity index (χ4n) is 3.79. The Morgan fingerprint density at radius 1 is 1.26 bits per heavy atom. The second-order valence-corrected chi connectivity index (χ2v) is 9.53. The maximum Gasteiger partial charge on any atom is 0.410 e. The zero-order valence-electron chi connectivity index (χ0n) is 17.9. The van der Waals surface area contributed by atoms with E-state index in [4.69, 9.17) is 22.1 Å². The molecule has 2 N–H and O–H groups in total. The first-order valence-electron chi connectivity index (χ1n) is 10.5. The van der Waals surface area contributed by atoms with E-state index >= 15 is 0 Å². The van der Waals surface area contributed by atoms with Crippen LogP contribution >= 0.6 is 11.6 Å². The van der Waals surface area contributed by atoms with Crippen molar-refractivity contribution in [2.45, 2.75) is 45.3 Å². The average molecular weight is 452 g/mol. The molecule has 1 atom stereocenters. The van der Waals surface area contributed by atoms with Crippen LogP contribution in [0.3, 0.4) is 0 Å². The summed E-state index contributed by atoms with van der Waals surface area (Å²) >= 11 is 6.24. The molecule has 1 aliphatic carbocycles. The zero-order valence-corrected chi connectivity index (χ0v) is 18.7. The monoisotopic (exact) mass is 451 g/mol. The number of rotatable bonds is 3. The summed E-state index contributed by atoms with van der Waals surface area (Å²) in [5.41, 5.74) is 5.31. The highest BCUT2D eigenvalue weighted by atomic mass is 35.5. The molecule has 168 valence electrons. The molecule has 10 heteroatoms. The summed E-state index contributed by atoms with van der Waals surface area (Å²) in [4.78, 5) is 31.9. The van der Waals surface area contributed by atoms with Gasteiger partial charge in [0.25, 0.3) is 5.56 Å². The molecule has 0 bridgehead atoms. The van der Waals surface area contributed by atoms with Gasteiger partial charge in [-0.15, -0.1) is 0 Å². The second kappa shape index (κ2) is 7.94. The summed E-state index contributed by atoms with van der Waals surface area (Å²) in [7, 11) is 0. The lowest BCUT2D eigenvalue weighted by molar-refractivity contribution is 0.0231. The first kappa shape index (κ1) is 21.8. The van der Waals surface area contributed by atoms with Gasteiger partial charge in [0.15, 0.2) is 0 Å². The lowest BCUT2D eigenvalue weighted by atomic mass is 10.1. The van der Waals surface area contributed by atoms with Crippen molar-refractivity contribution in [3.63, 3.8) is 0 Å². The van der Waals surface area contributed by atoms with Crippen LogP contribution in [0.15, 0.2) is 16.9 Å². The van der Waals surface area contributed by atoms with E-state index in [-0.39, 0.29) is 21.8 Å². The number of aromatic nitrogens is 2. The standard InChI is InChI=1S/C21H27ClFN5O3/c1-21(2,3)31-20(30)26-8-10-27(11-9-26)28-18(16(24)12-4-5-12)25-17-14(23)7-6-13(22)15(17)19(28)29/h6-7,12,16H,4-5,8-11,24H2,1-3H3. The van der Waals surface area contributed by atoms with Crippen molar-refractivity contribution in [3.05, 3.63) is 39.2 Å². The van der Waals surface area contributed by atoms with E-state index in [1.54, 1.807) is 9.91 Å². The highest BCUT2D eigenvalue weighted by Crippen LogP contribution is 2.39. The Labute approximate surface area is 184 Å². The van der Waals surface area contributed by atoms with Crippen molar-refractivity contribution < 1.29 is 13.9 Å². The smallest absolute Gasteiger partial charge is 0.410 e. The average Bonchev–Trinajstić information content (AvgIpc) is 3.54. The Morgan fingerprint density at radius 3 is 2.48 bits per heavy atom. The van der Waals surface area contributed by atoms with E-state index < -0.39 is 29.1 Å². The Kier molecular flexibility index (Phi) is 5.59. The van der Waals surface area contributed by atoms with Gasteiger partial charge in [0.1, 0.15) is 22.8 Å². The second-order valence-electron chi connectivity index (χ2n) is 9.12. The van der Waals surface area contributed by atoms with Gasteiger partial charge in [-0.2, -0.15) is 0 Å². The van der Waals surface area contributed by atoms with Gasteiger partial charge in [0.2, 0.25) is 0 Å². The van der Waals surface area contributed by atoms with Crippen LogP contribution in [0.1, 0.15) is 45.5 Å². The number of hydrogen-bond donors (Lipinski definition) is 1. The topological polar surface area (TPSA) is 93.7 Å². The lowest BCUT2D eigenvalue weighted by Crippen LogP contribution is -2.57. The van der Waals surface area contributed by atoms with E-state index in [0.717, 1.165) is 12.8 Å². The molecule has 2 heterocycles. The van der Waals surface area contributed by atoms with Crippen LogP contribution in [0, 0.1) is 11.7 Å². The molecule has 8 nitrogen and oxygen atoms in total. The van der Waals surface area contributed by atoms with Crippen LogP contribution in [-0.2, 0) is 4.74 Å². The molecule has 2 fully saturated rings. The molecule has 1 saturated carbocycles. The molecule has 0 spiro atoms. The van der Waals surface area contributed by atoms with Gasteiger partial charge in [-0.1, -0.05) is 11.6 Å². The third kappa shape index (κ3) is 4.34. The van der Waals surface area contributed by atoms with Crippen molar-refractivity contribution in [2.75, 3.05) is 31.2 Å². The quantitative estimate of drug-likeness (QED) is 0.771. The Bertz CT molecular complexity index is 1070. The fraction of sp³-hybridized carbons (Fsp3) is 0.571. The molecule has 31 heavy (non-hydrogen) atoms. The van der Waals surface area contributed by atoms with E-state index in [1.807, 2.05) is 20.8 Å². The van der Waals surface area contributed by atoms with Crippen LogP contribution < -0.4 is 16.3 Å². The Morgan fingerprint density at radius 2 is 1.90 bits per heavy atom. The number of hydrogen-bond acceptors (Lipinski definition) is 6. The first-order valence-corrected chi connectivity index (χ1v) is 10.8. The maximum atomic E-state index is 14.5. The number of carbonyl (C=O) groups is 1. The first-order chi connectivity index (χ1) is 14.6. The van der Waals surface area contributed by atoms with Crippen molar-refractivity contribution in [1.82, 2.24) is 14.6 Å². The van der Waals surface area contributed by atoms with E-state index in [9.17, 15) is 14.0 Å². The molecule has 2 aliphatic rings. The van der Waals surface area contributed by atoms with Crippen molar-refractivity contribution in [1.29, 1.82) is 0 Å². The van der Waals surface area contributed by atoms with E-state index in [1.165, 1.54) is 16.8 Å². The molecule has 0 radical (unpaired) electrons. The van der Waals surface area contributed by atoms with Gasteiger partial charge in [-0.05, 0) is 51.7 Å². The lowest BCUT2D eigenvalue weighted by Gasteiger charge is -2.38. The third-order valence-electron chi connectivity index (χ3n) is 5.55. The number of nitrogens with zero attached hydrogens (tertiary/aromatic N) is 4. The zero-order chi connectivity index (χ0) is 22.5. The summed E-state index contributed by atoms with van der Waals surface area (Å²) in [6.07, 6.45) is 1.50. The van der Waals surface area contributed by atoms with Crippen molar-refractivity contribution in [2.24, 2.45) is 11.7 Å². The third-order valence-corrected chi connectivity index (χ3v) is 5.86. The van der Waals surface area contributed by atoms with Gasteiger partial charge < -0.3 is 20.4 Å². The largest absolute Gasteiger partial charge is 0.444 e. The SMILES string of the molecule is CC(C)(C)OC(=O)N1CCN(n2c(C(N)C3CC3)nc3c(F)ccc(Cl)c3c2=O)CC1. The highest BCUT2D eigenvalue weighted by Gasteiger charge is 2.35. The molecule has 4 rings (SSSR count). The summed E-state index contributed by atoms with van der Waals surface area (Å²) in [6.45, 7) is 6.94.